The van der Waals surface area contributed by atoms with E-state index in [9.17, 15) is 9.90 Å². The van der Waals surface area contributed by atoms with E-state index in [1.165, 1.54) is 0 Å². The Morgan fingerprint density at radius 3 is 2.53 bits per heavy atom. The molecule has 2 fully saturated rings. The first kappa shape index (κ1) is 23.7. The molecule has 0 radical (unpaired) electrons. The van der Waals surface area contributed by atoms with Crippen LogP contribution in [0.4, 0.5) is 5.82 Å². The third kappa shape index (κ3) is 4.49. The lowest BCUT2D eigenvalue weighted by Gasteiger charge is -2.26. The van der Waals surface area contributed by atoms with Crippen molar-refractivity contribution in [2.45, 2.75) is 46.1 Å². The molecule has 1 saturated heterocycles. The number of nitrogens with zero attached hydrogens (tertiary/aromatic N) is 2. The van der Waals surface area contributed by atoms with Crippen LogP contribution in [0.5, 0.6) is 0 Å². The van der Waals surface area contributed by atoms with Crippen molar-refractivity contribution < 1.29 is 9.90 Å². The van der Waals surface area contributed by atoms with Gasteiger partial charge in [0.25, 0.3) is 0 Å². The molecular weight excluding hydrogens is 398 g/mol. The van der Waals surface area contributed by atoms with Crippen LogP contribution in [0.3, 0.4) is 0 Å². The molecule has 0 bridgehead atoms. The van der Waals surface area contributed by atoms with E-state index in [2.05, 4.69) is 22.9 Å². The summed E-state index contributed by atoms with van der Waals surface area (Å²) in [5.41, 5.74) is 3.33. The van der Waals surface area contributed by atoms with Crippen LogP contribution >= 0.6 is 0 Å². The van der Waals surface area contributed by atoms with E-state index in [4.69, 9.17) is 0 Å². The van der Waals surface area contributed by atoms with Gasteiger partial charge in [0.15, 0.2) is 0 Å². The summed E-state index contributed by atoms with van der Waals surface area (Å²) >= 11 is 0. The van der Waals surface area contributed by atoms with Gasteiger partial charge in [-0.05, 0) is 66.4 Å². The lowest BCUT2D eigenvalue weighted by atomic mass is 9.90. The average molecular weight is 434 g/mol. The van der Waals surface area contributed by atoms with Crippen LogP contribution < -0.4 is 5.32 Å². The number of likely N-dealkylation sites (tertiary alicyclic amines) is 1. The van der Waals surface area contributed by atoms with E-state index in [1.807, 2.05) is 41.3 Å². The van der Waals surface area contributed by atoms with Crippen molar-refractivity contribution in [1.82, 2.24) is 9.88 Å². The molecule has 5 rings (SSSR count). The zero-order chi connectivity index (χ0) is 20.7. The van der Waals surface area contributed by atoms with E-state index in [0.29, 0.717) is 11.8 Å². The molecule has 1 aromatic carbocycles. The summed E-state index contributed by atoms with van der Waals surface area (Å²) in [4.78, 5) is 19.1. The van der Waals surface area contributed by atoms with Gasteiger partial charge in [0, 0.05) is 31.1 Å². The highest BCUT2D eigenvalue weighted by molar-refractivity contribution is 5.92. The molecule has 1 amide bonds. The largest absolute Gasteiger partial charge is 0.385 e. The Balaban J connectivity index is 0.00000144. The van der Waals surface area contributed by atoms with Crippen molar-refractivity contribution in [2.75, 3.05) is 18.4 Å². The van der Waals surface area contributed by atoms with Gasteiger partial charge in [0.05, 0.1) is 5.60 Å². The van der Waals surface area contributed by atoms with Gasteiger partial charge in [-0.25, -0.2) is 4.98 Å². The number of pyridine rings is 1. The second kappa shape index (κ2) is 9.29. The highest BCUT2D eigenvalue weighted by Gasteiger charge is 2.49. The van der Waals surface area contributed by atoms with Crippen LogP contribution in [0.2, 0.25) is 0 Å². The fourth-order valence-electron chi connectivity index (χ4n) is 5.23. The van der Waals surface area contributed by atoms with Gasteiger partial charge in [-0.3, -0.25) is 4.79 Å². The zero-order valence-corrected chi connectivity index (χ0v) is 17.1. The number of carbonyl (C=O) groups is 1. The molecule has 2 aliphatic heterocycles. The summed E-state index contributed by atoms with van der Waals surface area (Å²) in [6.45, 7) is 5.40. The Labute approximate surface area is 191 Å². The topological polar surface area (TPSA) is 65.5 Å². The van der Waals surface area contributed by atoms with Gasteiger partial charge >= 0.3 is 0 Å². The Hall–Kier alpha value is -2.92. The van der Waals surface area contributed by atoms with Gasteiger partial charge in [-0.1, -0.05) is 51.8 Å². The third-order valence-electron chi connectivity index (χ3n) is 6.80. The van der Waals surface area contributed by atoms with Gasteiger partial charge in [0.1, 0.15) is 5.82 Å². The molecule has 2 aromatic rings. The predicted molar refractivity (Wildman–Crippen MR) is 131 cm³/mol. The SMILES string of the molecule is C.C.C=C1CCc2cc(/C=C/C(=O)N3C[C@@H]4CC(O)(c5ccccc5)C[C@@H]4C3)cnc2N1. The first-order valence-electron chi connectivity index (χ1n) is 10.7. The fourth-order valence-corrected chi connectivity index (χ4v) is 5.23. The molecule has 3 heterocycles. The van der Waals surface area contributed by atoms with Crippen LogP contribution in [-0.4, -0.2) is 34.0 Å². The van der Waals surface area contributed by atoms with Crippen molar-refractivity contribution in [3.8, 4) is 0 Å². The molecule has 0 spiro atoms. The summed E-state index contributed by atoms with van der Waals surface area (Å²) < 4.78 is 0. The molecule has 3 aliphatic rings. The molecular formula is C27H35N3O2. The lowest BCUT2D eigenvalue weighted by Crippen LogP contribution is -2.31. The second-order valence-electron chi connectivity index (χ2n) is 8.91. The number of benzene rings is 1. The Bertz CT molecular complexity index is 1000. The number of aromatic nitrogens is 1. The van der Waals surface area contributed by atoms with E-state index in [1.54, 1.807) is 12.3 Å². The van der Waals surface area contributed by atoms with Crippen molar-refractivity contribution >= 4 is 17.8 Å². The summed E-state index contributed by atoms with van der Waals surface area (Å²) in [6.07, 6.45) is 8.57. The summed E-state index contributed by atoms with van der Waals surface area (Å²) in [5.74, 6) is 1.62. The van der Waals surface area contributed by atoms with Crippen molar-refractivity contribution in [3.63, 3.8) is 0 Å². The fraction of sp³-hybridized carbons (Fsp3) is 0.407. The number of fused-ring (bicyclic) bond motifs is 2. The van der Waals surface area contributed by atoms with E-state index in [0.717, 1.165) is 67.0 Å². The van der Waals surface area contributed by atoms with Crippen LogP contribution in [0.25, 0.3) is 6.08 Å². The molecule has 5 nitrogen and oxygen atoms in total. The van der Waals surface area contributed by atoms with Crippen LogP contribution in [0.15, 0.2) is 60.9 Å². The highest BCUT2D eigenvalue weighted by atomic mass is 16.3. The van der Waals surface area contributed by atoms with Crippen LogP contribution in [-0.2, 0) is 16.8 Å². The number of carbonyl (C=O) groups excluding carboxylic acids is 1. The van der Waals surface area contributed by atoms with Gasteiger partial charge in [-0.2, -0.15) is 0 Å². The summed E-state index contributed by atoms with van der Waals surface area (Å²) in [7, 11) is 0. The van der Waals surface area contributed by atoms with Gasteiger partial charge < -0.3 is 15.3 Å². The zero-order valence-electron chi connectivity index (χ0n) is 17.1. The van der Waals surface area contributed by atoms with Crippen LogP contribution in [0.1, 0.15) is 50.8 Å². The number of allylic oxidation sites excluding steroid dienone is 1. The monoisotopic (exact) mass is 433 g/mol. The Morgan fingerprint density at radius 2 is 1.84 bits per heavy atom. The maximum Gasteiger partial charge on any atom is 0.246 e. The maximum absolute atomic E-state index is 12.7. The minimum absolute atomic E-state index is 0. The molecule has 1 saturated carbocycles. The van der Waals surface area contributed by atoms with Crippen molar-refractivity contribution in [2.24, 2.45) is 11.8 Å². The molecule has 1 aromatic heterocycles. The normalized spacial score (nSPS) is 26.0. The predicted octanol–water partition coefficient (Wildman–Crippen LogP) is 5.00. The molecule has 3 atom stereocenters. The smallest absolute Gasteiger partial charge is 0.246 e. The van der Waals surface area contributed by atoms with Crippen molar-refractivity contribution in [3.05, 3.63) is 77.6 Å². The average Bonchev–Trinajstić information content (AvgIpc) is 3.28. The first-order chi connectivity index (χ1) is 14.5. The summed E-state index contributed by atoms with van der Waals surface area (Å²) in [6, 6.07) is 12.0. The number of anilines is 1. The van der Waals surface area contributed by atoms with E-state index < -0.39 is 5.60 Å². The number of aryl methyl sites for hydroxylation is 1. The first-order valence-corrected chi connectivity index (χ1v) is 10.7. The Morgan fingerprint density at radius 1 is 1.16 bits per heavy atom. The molecule has 1 unspecified atom stereocenters. The van der Waals surface area contributed by atoms with E-state index in [-0.39, 0.29) is 20.8 Å². The molecule has 5 heteroatoms. The lowest BCUT2D eigenvalue weighted by molar-refractivity contribution is -0.125. The molecule has 1 aliphatic carbocycles. The van der Waals surface area contributed by atoms with Crippen LogP contribution in [0, 0.1) is 11.8 Å². The number of amides is 1. The second-order valence-corrected chi connectivity index (χ2v) is 8.91. The number of hydrogen-bond donors (Lipinski definition) is 2. The Kier molecular flexibility index (Phi) is 6.89. The van der Waals surface area contributed by atoms with Gasteiger partial charge in [0.2, 0.25) is 5.91 Å². The number of aliphatic hydroxyl groups is 1. The summed E-state index contributed by atoms with van der Waals surface area (Å²) in [5, 5.41) is 14.3. The molecule has 170 valence electrons. The molecule has 2 N–H and O–H groups in total. The van der Waals surface area contributed by atoms with E-state index >= 15 is 0 Å². The standard InChI is InChI=1S/C25H27N3O2.2CH4/c1-17-7-9-19-11-18(14-26-24(19)27-17)8-10-23(29)28-15-20-12-25(30,13-21(20)16-28)22-5-3-2-4-6-22;;/h2-6,8,10-11,14,20-21,30H,1,7,9,12-13,15-16H2,(H,26,27);2*1H4/b10-8+;;/t20-,21+,25?;;. The maximum atomic E-state index is 12.7. The number of nitrogens with one attached hydrogen (secondary N) is 1. The third-order valence-corrected chi connectivity index (χ3v) is 6.80. The highest BCUT2D eigenvalue weighted by Crippen LogP contribution is 2.48. The van der Waals surface area contributed by atoms with Crippen molar-refractivity contribution in [1.29, 1.82) is 0 Å². The number of hydrogen-bond acceptors (Lipinski definition) is 4. The number of rotatable bonds is 3. The quantitative estimate of drug-likeness (QED) is 0.669. The molecule has 32 heavy (non-hydrogen) atoms. The minimum Gasteiger partial charge on any atom is -0.385 e. The minimum atomic E-state index is -0.754. The van der Waals surface area contributed by atoms with Gasteiger partial charge in [-0.15, -0.1) is 0 Å².